The first-order valence-corrected chi connectivity index (χ1v) is 14.0. The number of hydrogen-bond acceptors (Lipinski definition) is 7. The smallest absolute Gasteiger partial charge is 0.419 e. The maximum Gasteiger partial charge on any atom is 0.419 e. The highest BCUT2D eigenvalue weighted by atomic mass is 16.5. The van der Waals surface area contributed by atoms with E-state index in [1.165, 1.54) is 0 Å². The van der Waals surface area contributed by atoms with Crippen LogP contribution >= 0.6 is 0 Å². The summed E-state index contributed by atoms with van der Waals surface area (Å²) in [5, 5.41) is 24.8. The molecule has 0 saturated carbocycles. The van der Waals surface area contributed by atoms with Gasteiger partial charge in [-0.2, -0.15) is 5.26 Å². The summed E-state index contributed by atoms with van der Waals surface area (Å²) in [5.74, 6) is -1.37. The molecule has 11 nitrogen and oxygen atoms in total. The summed E-state index contributed by atoms with van der Waals surface area (Å²) in [5.41, 5.74) is 2.00. The molecule has 2 amide bonds. The first kappa shape index (κ1) is 30.8. The van der Waals surface area contributed by atoms with Gasteiger partial charge >= 0.3 is 11.8 Å². The molecular formula is C31H38N4O7. The normalized spacial score (nSPS) is 19.6. The lowest BCUT2D eigenvalue weighted by Gasteiger charge is -2.48. The summed E-state index contributed by atoms with van der Waals surface area (Å²) >= 11 is 0. The Hall–Kier alpha value is -4.14. The zero-order valence-electron chi connectivity index (χ0n) is 24.4. The minimum Gasteiger partial charge on any atom is -0.465 e. The van der Waals surface area contributed by atoms with Crippen molar-refractivity contribution in [2.45, 2.75) is 58.2 Å². The zero-order chi connectivity index (χ0) is 30.5. The lowest BCUT2D eigenvalue weighted by atomic mass is 9.66. The van der Waals surface area contributed by atoms with E-state index in [-0.39, 0.29) is 26.1 Å². The van der Waals surface area contributed by atoms with E-state index in [2.05, 4.69) is 16.7 Å². The van der Waals surface area contributed by atoms with Gasteiger partial charge in [0.25, 0.3) is 0 Å². The fourth-order valence-corrected chi connectivity index (χ4v) is 5.71. The van der Waals surface area contributed by atoms with E-state index in [0.29, 0.717) is 30.7 Å². The van der Waals surface area contributed by atoms with Gasteiger partial charge in [-0.3, -0.25) is 9.36 Å². The molecule has 3 aromatic rings. The van der Waals surface area contributed by atoms with Crippen LogP contribution < -0.4 is 16.4 Å². The number of benzene rings is 2. The van der Waals surface area contributed by atoms with Crippen LogP contribution in [0.2, 0.25) is 0 Å². The predicted molar refractivity (Wildman–Crippen MR) is 156 cm³/mol. The topological polar surface area (TPSA) is 156 Å². The van der Waals surface area contributed by atoms with Crippen molar-refractivity contribution in [2.75, 3.05) is 26.9 Å². The van der Waals surface area contributed by atoms with Crippen LogP contribution in [0.4, 0.5) is 4.79 Å². The Kier molecular flexibility index (Phi) is 9.39. The Morgan fingerprint density at radius 1 is 1.21 bits per heavy atom. The number of oxazole rings is 1. The molecule has 0 radical (unpaired) electrons. The molecule has 1 aliphatic rings. The molecule has 1 aliphatic heterocycles. The van der Waals surface area contributed by atoms with Crippen LogP contribution in [0.25, 0.3) is 22.2 Å². The minimum absolute atomic E-state index is 0.168. The molecule has 3 N–H and O–H groups in total. The summed E-state index contributed by atoms with van der Waals surface area (Å²) in [6.07, 6.45) is -0.215. The molecular weight excluding hydrogens is 540 g/mol. The van der Waals surface area contributed by atoms with E-state index in [1.807, 2.05) is 57.2 Å². The zero-order valence-corrected chi connectivity index (χ0v) is 24.4. The molecule has 3 atom stereocenters. The molecule has 11 heteroatoms. The molecule has 42 heavy (non-hydrogen) atoms. The molecule has 224 valence electrons. The maximum absolute atomic E-state index is 13.6. The van der Waals surface area contributed by atoms with Crippen LogP contribution in [-0.2, 0) is 27.2 Å². The Bertz CT molecular complexity index is 1510. The van der Waals surface area contributed by atoms with E-state index in [9.17, 15) is 24.8 Å². The molecule has 4 rings (SSSR count). The average molecular weight is 579 g/mol. The largest absolute Gasteiger partial charge is 0.465 e. The van der Waals surface area contributed by atoms with Crippen LogP contribution in [0.3, 0.4) is 0 Å². The first-order chi connectivity index (χ1) is 20.0. The van der Waals surface area contributed by atoms with E-state index >= 15 is 0 Å². The lowest BCUT2D eigenvalue weighted by Crippen LogP contribution is -2.69. The quantitative estimate of drug-likeness (QED) is 0.306. The van der Waals surface area contributed by atoms with Gasteiger partial charge in [-0.15, -0.1) is 0 Å². The number of fused-ring (bicyclic) bond motifs is 1. The minimum atomic E-state index is -1.42. The monoisotopic (exact) mass is 578 g/mol. The van der Waals surface area contributed by atoms with Crippen molar-refractivity contribution < 1.29 is 28.6 Å². The van der Waals surface area contributed by atoms with Crippen LogP contribution in [0.1, 0.15) is 39.2 Å². The second-order valence-corrected chi connectivity index (χ2v) is 11.7. The highest BCUT2D eigenvalue weighted by molar-refractivity contribution is 5.91. The second-order valence-electron chi connectivity index (χ2n) is 11.7. The Morgan fingerprint density at radius 3 is 2.57 bits per heavy atom. The SMILES string of the molecule is COCCCn1c(=O)oc2ccc(-c3ccc(CC(C#N)NC(=O)C4(NC(=O)O)CCOCC4C(C)(C)C)cc3)cc21. The third kappa shape index (κ3) is 6.66. The Morgan fingerprint density at radius 2 is 1.93 bits per heavy atom. The molecule has 3 unspecified atom stereocenters. The van der Waals surface area contributed by atoms with Gasteiger partial charge in [-0.05, 0) is 40.7 Å². The van der Waals surface area contributed by atoms with E-state index in [0.717, 1.165) is 16.7 Å². The van der Waals surface area contributed by atoms with Gasteiger partial charge in [0, 0.05) is 45.6 Å². The van der Waals surface area contributed by atoms with E-state index in [1.54, 1.807) is 17.7 Å². The van der Waals surface area contributed by atoms with Gasteiger partial charge in [0.05, 0.1) is 18.2 Å². The molecule has 0 spiro atoms. The molecule has 1 saturated heterocycles. The number of carboxylic acid groups (broad SMARTS) is 1. The molecule has 2 heterocycles. The number of nitrogens with one attached hydrogen (secondary N) is 2. The molecule has 1 fully saturated rings. The van der Waals surface area contributed by atoms with Gasteiger partial charge < -0.3 is 29.6 Å². The van der Waals surface area contributed by atoms with Crippen LogP contribution in [0.15, 0.2) is 51.7 Å². The third-order valence-electron chi connectivity index (χ3n) is 7.89. The van der Waals surface area contributed by atoms with Gasteiger partial charge in [-0.1, -0.05) is 51.1 Å². The Balaban J connectivity index is 1.51. The van der Waals surface area contributed by atoms with Crippen molar-refractivity contribution in [3.63, 3.8) is 0 Å². The number of methoxy groups -OCH3 is 1. The number of nitrogens with zero attached hydrogens (tertiary/aromatic N) is 2. The summed E-state index contributed by atoms with van der Waals surface area (Å²) in [7, 11) is 1.62. The van der Waals surface area contributed by atoms with Crippen molar-refractivity contribution in [1.82, 2.24) is 15.2 Å². The molecule has 0 aliphatic carbocycles. The number of amides is 2. The van der Waals surface area contributed by atoms with Gasteiger partial charge in [-0.25, -0.2) is 9.59 Å². The molecule has 1 aromatic heterocycles. The van der Waals surface area contributed by atoms with E-state index < -0.39 is 40.7 Å². The Labute approximate surface area is 244 Å². The standard InChI is InChI=1S/C31H38N4O7/c1-30(2,3)26-19-41-15-12-31(26,34-28(37)38)27(36)33-23(18-32)16-20-6-8-21(9-7-20)22-10-11-25-24(17-22)35(29(39)42-25)13-5-14-40-4/h6-11,17,23,26,34H,5,12-16,19H2,1-4H3,(H,33,36)(H,37,38). The molecule has 2 aromatic carbocycles. The fourth-order valence-electron chi connectivity index (χ4n) is 5.71. The first-order valence-electron chi connectivity index (χ1n) is 14.0. The summed E-state index contributed by atoms with van der Waals surface area (Å²) in [6, 6.07) is 14.4. The summed E-state index contributed by atoms with van der Waals surface area (Å²) < 4.78 is 17.7. The van der Waals surface area contributed by atoms with Crippen molar-refractivity contribution >= 4 is 23.1 Å². The number of aromatic nitrogens is 1. The van der Waals surface area contributed by atoms with Crippen molar-refractivity contribution in [3.05, 3.63) is 58.6 Å². The van der Waals surface area contributed by atoms with Crippen molar-refractivity contribution in [2.24, 2.45) is 11.3 Å². The summed E-state index contributed by atoms with van der Waals surface area (Å²) in [4.78, 5) is 37.8. The van der Waals surface area contributed by atoms with Crippen LogP contribution in [-0.4, -0.2) is 60.2 Å². The average Bonchev–Trinajstić information content (AvgIpc) is 3.26. The third-order valence-corrected chi connectivity index (χ3v) is 7.89. The second kappa shape index (κ2) is 12.8. The van der Waals surface area contributed by atoms with Crippen molar-refractivity contribution in [3.8, 4) is 17.2 Å². The number of nitriles is 1. The van der Waals surface area contributed by atoms with Gasteiger partial charge in [0.1, 0.15) is 11.6 Å². The van der Waals surface area contributed by atoms with E-state index in [4.69, 9.17) is 13.9 Å². The van der Waals surface area contributed by atoms with Crippen LogP contribution in [0, 0.1) is 22.7 Å². The lowest BCUT2D eigenvalue weighted by molar-refractivity contribution is -0.141. The predicted octanol–water partition coefficient (Wildman–Crippen LogP) is 3.94. The summed E-state index contributed by atoms with van der Waals surface area (Å²) in [6.45, 7) is 7.28. The van der Waals surface area contributed by atoms with Crippen LogP contribution in [0.5, 0.6) is 0 Å². The van der Waals surface area contributed by atoms with Gasteiger partial charge in [0.2, 0.25) is 5.91 Å². The van der Waals surface area contributed by atoms with Gasteiger partial charge in [0.15, 0.2) is 5.58 Å². The number of carbonyl (C=O) groups is 2. The number of aryl methyl sites for hydroxylation is 1. The number of carbonyl (C=O) groups excluding carboxylic acids is 1. The number of hydrogen-bond donors (Lipinski definition) is 3. The highest BCUT2D eigenvalue weighted by Gasteiger charge is 2.53. The van der Waals surface area contributed by atoms with Crippen molar-refractivity contribution in [1.29, 1.82) is 5.26 Å². The highest BCUT2D eigenvalue weighted by Crippen LogP contribution is 2.40. The fraction of sp³-hybridized carbons (Fsp3) is 0.484. The number of rotatable bonds is 10. The molecule has 0 bridgehead atoms. The number of ether oxygens (including phenoxy) is 2. The maximum atomic E-state index is 13.6.